The average molecular weight is 289 g/mol. The first-order valence-corrected chi connectivity index (χ1v) is 8.58. The Morgan fingerprint density at radius 1 is 1.29 bits per heavy atom. The van der Waals surface area contributed by atoms with Crippen molar-refractivity contribution in [2.24, 2.45) is 5.92 Å². The van der Waals surface area contributed by atoms with Crippen LogP contribution in [0, 0.1) is 12.8 Å². The maximum Gasteiger partial charge on any atom is 0.122 e. The summed E-state index contributed by atoms with van der Waals surface area (Å²) in [4.78, 5) is 0. The molecule has 1 aliphatic carbocycles. The third kappa shape index (κ3) is 4.47. The molecular weight excluding hydrogens is 258 g/mol. The maximum absolute atomic E-state index is 6.14. The van der Waals surface area contributed by atoms with Gasteiger partial charge >= 0.3 is 0 Å². The number of benzene rings is 1. The summed E-state index contributed by atoms with van der Waals surface area (Å²) >= 11 is 0. The van der Waals surface area contributed by atoms with Crippen molar-refractivity contribution < 1.29 is 4.74 Å². The van der Waals surface area contributed by atoms with Gasteiger partial charge in [-0.2, -0.15) is 0 Å². The number of aryl methyl sites for hydroxylation is 1. The molecule has 2 nitrogen and oxygen atoms in total. The normalized spacial score (nSPS) is 22.0. The van der Waals surface area contributed by atoms with Crippen molar-refractivity contribution >= 4 is 0 Å². The molecule has 0 aliphatic heterocycles. The highest BCUT2D eigenvalue weighted by Gasteiger charge is 2.26. The van der Waals surface area contributed by atoms with Crippen LogP contribution in [0.1, 0.15) is 63.5 Å². The summed E-state index contributed by atoms with van der Waals surface area (Å²) in [6, 6.07) is 7.29. The summed E-state index contributed by atoms with van der Waals surface area (Å²) < 4.78 is 6.14. The van der Waals surface area contributed by atoms with Crippen LogP contribution in [0.15, 0.2) is 18.2 Å². The Morgan fingerprint density at radius 3 is 2.81 bits per heavy atom. The first kappa shape index (κ1) is 16.4. The minimum Gasteiger partial charge on any atom is -0.493 e. The van der Waals surface area contributed by atoms with Crippen molar-refractivity contribution in [3.63, 3.8) is 0 Å². The number of rotatable bonds is 7. The van der Waals surface area contributed by atoms with Gasteiger partial charge in [-0.1, -0.05) is 39.3 Å². The zero-order valence-corrected chi connectivity index (χ0v) is 14.1. The Bertz CT molecular complexity index is 441. The highest BCUT2D eigenvalue weighted by Crippen LogP contribution is 2.30. The molecule has 0 spiro atoms. The predicted molar refractivity (Wildman–Crippen MR) is 90.2 cm³/mol. The smallest absolute Gasteiger partial charge is 0.122 e. The van der Waals surface area contributed by atoms with Gasteiger partial charge in [-0.25, -0.2) is 0 Å². The van der Waals surface area contributed by atoms with Gasteiger partial charge in [-0.05, 0) is 61.8 Å². The van der Waals surface area contributed by atoms with Crippen molar-refractivity contribution in [3.8, 4) is 5.75 Å². The van der Waals surface area contributed by atoms with E-state index in [9.17, 15) is 0 Å². The van der Waals surface area contributed by atoms with E-state index >= 15 is 0 Å². The second kappa shape index (κ2) is 7.84. The van der Waals surface area contributed by atoms with Gasteiger partial charge in [0.05, 0.1) is 6.61 Å². The van der Waals surface area contributed by atoms with Crippen LogP contribution in [0.2, 0.25) is 0 Å². The number of nitrogens with one attached hydrogen (secondary N) is 1. The lowest BCUT2D eigenvalue weighted by molar-refractivity contribution is 0.258. The fourth-order valence-electron chi connectivity index (χ4n) is 3.48. The van der Waals surface area contributed by atoms with Gasteiger partial charge in [0.1, 0.15) is 5.75 Å². The number of hydrogen-bond acceptors (Lipinski definition) is 2. The number of hydrogen-bond donors (Lipinski definition) is 1. The standard InChI is InChI=1S/C19H31NO/c1-5-20-18-8-6-7-16(18)11-12-21-19-13-15(4)9-10-17(19)14(2)3/h9-10,13-14,16,18,20H,5-8,11-12H2,1-4H3. The van der Waals surface area contributed by atoms with Crippen LogP contribution in [-0.2, 0) is 0 Å². The van der Waals surface area contributed by atoms with Gasteiger partial charge in [0.25, 0.3) is 0 Å². The molecule has 1 aromatic rings. The van der Waals surface area contributed by atoms with Crippen LogP contribution in [-0.4, -0.2) is 19.2 Å². The van der Waals surface area contributed by atoms with Crippen molar-refractivity contribution in [2.45, 2.75) is 65.3 Å². The van der Waals surface area contributed by atoms with Crippen molar-refractivity contribution in [3.05, 3.63) is 29.3 Å². The summed E-state index contributed by atoms with van der Waals surface area (Å²) in [6.45, 7) is 10.7. The first-order valence-electron chi connectivity index (χ1n) is 8.58. The predicted octanol–water partition coefficient (Wildman–Crippen LogP) is 4.67. The molecule has 0 aromatic heterocycles. The molecule has 118 valence electrons. The Morgan fingerprint density at radius 2 is 2.10 bits per heavy atom. The lowest BCUT2D eigenvalue weighted by Gasteiger charge is -2.21. The monoisotopic (exact) mass is 289 g/mol. The first-order chi connectivity index (χ1) is 10.1. The maximum atomic E-state index is 6.14. The summed E-state index contributed by atoms with van der Waals surface area (Å²) in [5.41, 5.74) is 2.61. The molecule has 1 aromatic carbocycles. The summed E-state index contributed by atoms with van der Waals surface area (Å²) in [7, 11) is 0. The molecule has 2 unspecified atom stereocenters. The molecule has 0 saturated heterocycles. The molecule has 1 fully saturated rings. The zero-order chi connectivity index (χ0) is 15.2. The topological polar surface area (TPSA) is 21.3 Å². The van der Waals surface area contributed by atoms with E-state index in [0.29, 0.717) is 12.0 Å². The Balaban J connectivity index is 1.90. The number of ether oxygens (including phenoxy) is 1. The molecule has 0 amide bonds. The van der Waals surface area contributed by atoms with E-state index in [1.807, 2.05) is 0 Å². The molecule has 0 bridgehead atoms. The average Bonchev–Trinajstić information content (AvgIpc) is 2.86. The highest BCUT2D eigenvalue weighted by atomic mass is 16.5. The van der Waals surface area contributed by atoms with Gasteiger partial charge in [0.15, 0.2) is 0 Å². The summed E-state index contributed by atoms with van der Waals surface area (Å²) in [5.74, 6) is 2.39. The van der Waals surface area contributed by atoms with E-state index in [-0.39, 0.29) is 0 Å². The third-order valence-corrected chi connectivity index (χ3v) is 4.66. The molecule has 21 heavy (non-hydrogen) atoms. The Hall–Kier alpha value is -1.02. The largest absolute Gasteiger partial charge is 0.493 e. The SMILES string of the molecule is CCNC1CCCC1CCOc1cc(C)ccc1C(C)C. The van der Waals surface area contributed by atoms with Gasteiger partial charge in [0.2, 0.25) is 0 Å². The van der Waals surface area contributed by atoms with E-state index in [0.717, 1.165) is 24.8 Å². The second-order valence-electron chi connectivity index (χ2n) is 6.69. The van der Waals surface area contributed by atoms with Crippen molar-refractivity contribution in [1.29, 1.82) is 0 Å². The molecule has 1 aliphatic rings. The zero-order valence-electron chi connectivity index (χ0n) is 14.1. The highest BCUT2D eigenvalue weighted by molar-refractivity contribution is 5.39. The van der Waals surface area contributed by atoms with Crippen LogP contribution >= 0.6 is 0 Å². The molecule has 1 saturated carbocycles. The molecular formula is C19H31NO. The Kier molecular flexibility index (Phi) is 6.10. The molecule has 2 heteroatoms. The Labute approximate surface area is 130 Å². The van der Waals surface area contributed by atoms with E-state index in [1.54, 1.807) is 0 Å². The van der Waals surface area contributed by atoms with Gasteiger partial charge in [0, 0.05) is 6.04 Å². The second-order valence-corrected chi connectivity index (χ2v) is 6.69. The van der Waals surface area contributed by atoms with E-state index in [2.05, 4.69) is 51.2 Å². The van der Waals surface area contributed by atoms with Crippen LogP contribution in [0.3, 0.4) is 0 Å². The van der Waals surface area contributed by atoms with Crippen LogP contribution in [0.5, 0.6) is 5.75 Å². The lowest BCUT2D eigenvalue weighted by atomic mass is 9.99. The minimum atomic E-state index is 0.515. The quantitative estimate of drug-likeness (QED) is 0.788. The third-order valence-electron chi connectivity index (χ3n) is 4.66. The molecule has 2 rings (SSSR count). The van der Waals surface area contributed by atoms with Gasteiger partial charge in [-0.15, -0.1) is 0 Å². The van der Waals surface area contributed by atoms with E-state index < -0.39 is 0 Å². The molecule has 0 radical (unpaired) electrons. The fourth-order valence-corrected chi connectivity index (χ4v) is 3.48. The van der Waals surface area contributed by atoms with Crippen molar-refractivity contribution in [1.82, 2.24) is 5.32 Å². The molecule has 1 N–H and O–H groups in total. The minimum absolute atomic E-state index is 0.515. The van der Waals surface area contributed by atoms with E-state index in [4.69, 9.17) is 4.74 Å². The van der Waals surface area contributed by atoms with E-state index in [1.165, 1.54) is 36.8 Å². The van der Waals surface area contributed by atoms with Gasteiger partial charge < -0.3 is 10.1 Å². The summed E-state index contributed by atoms with van der Waals surface area (Å²) in [6.07, 6.45) is 5.22. The molecule has 0 heterocycles. The van der Waals surface area contributed by atoms with Crippen LogP contribution in [0.25, 0.3) is 0 Å². The van der Waals surface area contributed by atoms with Crippen molar-refractivity contribution in [2.75, 3.05) is 13.2 Å². The van der Waals surface area contributed by atoms with Crippen LogP contribution in [0.4, 0.5) is 0 Å². The van der Waals surface area contributed by atoms with Gasteiger partial charge in [-0.3, -0.25) is 0 Å². The fraction of sp³-hybridized carbons (Fsp3) is 0.684. The summed E-state index contributed by atoms with van der Waals surface area (Å²) in [5, 5.41) is 3.63. The molecule has 2 atom stereocenters. The lowest BCUT2D eigenvalue weighted by Crippen LogP contribution is -2.32. The van der Waals surface area contributed by atoms with Crippen LogP contribution < -0.4 is 10.1 Å².